The van der Waals surface area contributed by atoms with Gasteiger partial charge in [-0.2, -0.15) is 11.8 Å². The molecule has 3 heterocycles. The van der Waals surface area contributed by atoms with Crippen LogP contribution in [0.3, 0.4) is 0 Å². The van der Waals surface area contributed by atoms with E-state index in [9.17, 15) is 4.79 Å². The summed E-state index contributed by atoms with van der Waals surface area (Å²) in [5.41, 5.74) is 1.21. The van der Waals surface area contributed by atoms with E-state index < -0.39 is 0 Å². The molecule has 1 amide bonds. The number of carbonyl (C=O) groups excluding carboxylic acids is 1. The fourth-order valence-electron chi connectivity index (χ4n) is 3.84. The Morgan fingerprint density at radius 1 is 1.43 bits per heavy atom. The number of pyridine rings is 1. The van der Waals surface area contributed by atoms with Gasteiger partial charge in [0.25, 0.3) is 0 Å². The Hall–Kier alpha value is -1.07. The van der Waals surface area contributed by atoms with Crippen LogP contribution in [0.2, 0.25) is 0 Å². The molecule has 4 rings (SSSR count). The zero-order chi connectivity index (χ0) is 15.6. The standard InChI is InChI=1S/C18H24N2O2S/c21-18(17-9-16(17)13-3-1-6-19-10-13)20(14-5-8-23-12-14)11-15-4-2-7-22-15/h1,3,6,10,14-17H,2,4-5,7-9,11-12H2/t14-,15-,16-,17+/m0/s1. The number of nitrogens with zero attached hydrogens (tertiary/aromatic N) is 2. The summed E-state index contributed by atoms with van der Waals surface area (Å²) < 4.78 is 5.79. The molecule has 2 aliphatic heterocycles. The highest BCUT2D eigenvalue weighted by atomic mass is 32.2. The summed E-state index contributed by atoms with van der Waals surface area (Å²) in [6.45, 7) is 1.65. The lowest BCUT2D eigenvalue weighted by atomic mass is 10.1. The van der Waals surface area contributed by atoms with Crippen LogP contribution in [0.4, 0.5) is 0 Å². The van der Waals surface area contributed by atoms with Crippen LogP contribution >= 0.6 is 11.8 Å². The minimum absolute atomic E-state index is 0.159. The van der Waals surface area contributed by atoms with Gasteiger partial charge in [0.05, 0.1) is 6.10 Å². The van der Waals surface area contributed by atoms with Gasteiger partial charge < -0.3 is 9.64 Å². The lowest BCUT2D eigenvalue weighted by molar-refractivity contribution is -0.136. The van der Waals surface area contributed by atoms with E-state index in [1.54, 1.807) is 6.20 Å². The first-order chi connectivity index (χ1) is 11.3. The van der Waals surface area contributed by atoms with E-state index in [1.807, 2.05) is 24.0 Å². The number of thioether (sulfide) groups is 1. The van der Waals surface area contributed by atoms with Gasteiger partial charge in [0, 0.05) is 43.3 Å². The first-order valence-corrected chi connectivity index (χ1v) is 9.88. The minimum Gasteiger partial charge on any atom is -0.376 e. The van der Waals surface area contributed by atoms with E-state index >= 15 is 0 Å². The third-order valence-corrected chi connectivity index (χ3v) is 6.42. The van der Waals surface area contributed by atoms with E-state index in [4.69, 9.17) is 4.74 Å². The number of ether oxygens (including phenoxy) is 1. The maximum absolute atomic E-state index is 13.1. The number of hydrogen-bond acceptors (Lipinski definition) is 4. The largest absolute Gasteiger partial charge is 0.376 e. The second-order valence-corrected chi connectivity index (χ2v) is 8.03. The summed E-state index contributed by atoms with van der Waals surface area (Å²) in [7, 11) is 0. The Balaban J connectivity index is 1.44. The summed E-state index contributed by atoms with van der Waals surface area (Å²) in [5.74, 6) is 3.14. The van der Waals surface area contributed by atoms with Crippen LogP contribution in [0.5, 0.6) is 0 Å². The Labute approximate surface area is 142 Å². The molecule has 5 heteroatoms. The average Bonchev–Trinajstić information content (AvgIpc) is 2.98. The molecule has 4 atom stereocenters. The first-order valence-electron chi connectivity index (χ1n) is 8.72. The van der Waals surface area contributed by atoms with Gasteiger partial charge in [-0.15, -0.1) is 0 Å². The molecule has 0 aromatic carbocycles. The van der Waals surface area contributed by atoms with E-state index in [0.29, 0.717) is 17.9 Å². The SMILES string of the molecule is O=C([C@@H]1C[C@H]1c1cccnc1)N(C[C@@H]1CCCO1)[C@H]1CCSC1. The van der Waals surface area contributed by atoms with Gasteiger partial charge >= 0.3 is 0 Å². The molecule has 0 unspecified atom stereocenters. The highest BCUT2D eigenvalue weighted by Crippen LogP contribution is 2.48. The molecule has 0 N–H and O–H groups in total. The quantitative estimate of drug-likeness (QED) is 0.831. The summed E-state index contributed by atoms with van der Waals surface area (Å²) >= 11 is 1.97. The van der Waals surface area contributed by atoms with Crippen LogP contribution in [-0.4, -0.2) is 52.6 Å². The summed E-state index contributed by atoms with van der Waals surface area (Å²) in [6.07, 6.45) is 8.30. The van der Waals surface area contributed by atoms with E-state index in [0.717, 1.165) is 44.6 Å². The van der Waals surface area contributed by atoms with Crippen molar-refractivity contribution in [3.05, 3.63) is 30.1 Å². The van der Waals surface area contributed by atoms with Crippen molar-refractivity contribution in [2.24, 2.45) is 5.92 Å². The van der Waals surface area contributed by atoms with Crippen LogP contribution in [0.15, 0.2) is 24.5 Å². The van der Waals surface area contributed by atoms with Crippen molar-refractivity contribution in [2.45, 2.75) is 43.7 Å². The van der Waals surface area contributed by atoms with Crippen LogP contribution in [0.1, 0.15) is 37.2 Å². The molecular weight excluding hydrogens is 308 g/mol. The molecule has 0 spiro atoms. The van der Waals surface area contributed by atoms with Crippen molar-refractivity contribution in [2.75, 3.05) is 24.7 Å². The van der Waals surface area contributed by atoms with E-state index in [1.165, 1.54) is 11.3 Å². The molecule has 124 valence electrons. The van der Waals surface area contributed by atoms with E-state index in [-0.39, 0.29) is 12.0 Å². The van der Waals surface area contributed by atoms with Crippen LogP contribution in [0.25, 0.3) is 0 Å². The van der Waals surface area contributed by atoms with Gasteiger partial charge in [-0.1, -0.05) is 6.07 Å². The van der Waals surface area contributed by atoms with Crippen molar-refractivity contribution < 1.29 is 9.53 Å². The van der Waals surface area contributed by atoms with Gasteiger partial charge in [-0.25, -0.2) is 0 Å². The zero-order valence-electron chi connectivity index (χ0n) is 13.4. The maximum Gasteiger partial charge on any atom is 0.226 e. The van der Waals surface area contributed by atoms with Crippen LogP contribution in [-0.2, 0) is 9.53 Å². The van der Waals surface area contributed by atoms with Crippen LogP contribution < -0.4 is 0 Å². The third-order valence-electron chi connectivity index (χ3n) is 5.27. The average molecular weight is 332 g/mol. The topological polar surface area (TPSA) is 42.4 Å². The summed E-state index contributed by atoms with van der Waals surface area (Å²) in [5, 5.41) is 0. The Bertz CT molecular complexity index is 541. The van der Waals surface area contributed by atoms with Gasteiger partial charge in [-0.05, 0) is 49.0 Å². The molecule has 1 aromatic heterocycles. The Kier molecular flexibility index (Phi) is 4.58. The Morgan fingerprint density at radius 3 is 3.09 bits per heavy atom. The lowest BCUT2D eigenvalue weighted by Gasteiger charge is -2.31. The van der Waals surface area contributed by atoms with Gasteiger partial charge in [0.2, 0.25) is 5.91 Å². The first kappa shape index (κ1) is 15.5. The molecular formula is C18H24N2O2S. The zero-order valence-corrected chi connectivity index (χ0v) is 14.2. The summed E-state index contributed by atoms with van der Waals surface area (Å²) in [4.78, 5) is 19.5. The molecule has 4 nitrogen and oxygen atoms in total. The van der Waals surface area contributed by atoms with Gasteiger partial charge in [0.15, 0.2) is 0 Å². The minimum atomic E-state index is 0.159. The van der Waals surface area contributed by atoms with Gasteiger partial charge in [-0.3, -0.25) is 9.78 Å². The molecule has 1 aliphatic carbocycles. The molecule has 2 saturated heterocycles. The number of carbonyl (C=O) groups is 1. The molecule has 1 saturated carbocycles. The highest BCUT2D eigenvalue weighted by Gasteiger charge is 2.47. The normalized spacial score (nSPS) is 32.9. The third kappa shape index (κ3) is 3.41. The Morgan fingerprint density at radius 2 is 2.39 bits per heavy atom. The van der Waals surface area contributed by atoms with Crippen molar-refractivity contribution >= 4 is 17.7 Å². The van der Waals surface area contributed by atoms with Gasteiger partial charge in [0.1, 0.15) is 0 Å². The van der Waals surface area contributed by atoms with Crippen molar-refractivity contribution in [1.82, 2.24) is 9.88 Å². The molecule has 0 radical (unpaired) electrons. The lowest BCUT2D eigenvalue weighted by Crippen LogP contribution is -2.45. The fraction of sp³-hybridized carbons (Fsp3) is 0.667. The van der Waals surface area contributed by atoms with Crippen molar-refractivity contribution in [3.8, 4) is 0 Å². The fourth-order valence-corrected chi connectivity index (χ4v) is 5.06. The molecule has 1 aromatic rings. The molecule has 23 heavy (non-hydrogen) atoms. The van der Waals surface area contributed by atoms with E-state index in [2.05, 4.69) is 16.0 Å². The smallest absolute Gasteiger partial charge is 0.226 e. The second kappa shape index (κ2) is 6.81. The molecule has 0 bridgehead atoms. The van der Waals surface area contributed by atoms with Crippen molar-refractivity contribution in [1.29, 1.82) is 0 Å². The summed E-state index contributed by atoms with van der Waals surface area (Å²) in [6, 6.07) is 4.47. The highest BCUT2D eigenvalue weighted by molar-refractivity contribution is 7.99. The van der Waals surface area contributed by atoms with Crippen LogP contribution in [0, 0.1) is 5.92 Å². The number of amides is 1. The predicted molar refractivity (Wildman–Crippen MR) is 91.5 cm³/mol. The number of aromatic nitrogens is 1. The number of rotatable bonds is 5. The number of hydrogen-bond donors (Lipinski definition) is 0. The van der Waals surface area contributed by atoms with Crippen molar-refractivity contribution in [3.63, 3.8) is 0 Å². The molecule has 3 fully saturated rings. The monoisotopic (exact) mass is 332 g/mol. The molecule has 3 aliphatic rings. The maximum atomic E-state index is 13.1. The second-order valence-electron chi connectivity index (χ2n) is 6.88. The predicted octanol–water partition coefficient (Wildman–Crippen LogP) is 2.70.